The third kappa shape index (κ3) is 4.16. The van der Waals surface area contributed by atoms with Crippen LogP contribution in [0.2, 0.25) is 0 Å². The summed E-state index contributed by atoms with van der Waals surface area (Å²) < 4.78 is 7.26. The summed E-state index contributed by atoms with van der Waals surface area (Å²) in [5.74, 6) is 3.81. The molecule has 0 saturated heterocycles. The van der Waals surface area contributed by atoms with Crippen LogP contribution in [0.1, 0.15) is 15.9 Å². The predicted octanol–water partition coefficient (Wildman–Crippen LogP) is 4.11. The van der Waals surface area contributed by atoms with Crippen molar-refractivity contribution in [2.75, 3.05) is 7.11 Å². The first kappa shape index (κ1) is 19.9. The topological polar surface area (TPSA) is 68.5 Å². The van der Waals surface area contributed by atoms with Gasteiger partial charge in [0.25, 0.3) is 5.91 Å². The molecule has 152 valence electrons. The van der Waals surface area contributed by atoms with Crippen LogP contribution in [-0.2, 0) is 6.54 Å². The summed E-state index contributed by atoms with van der Waals surface area (Å²) in [6.07, 6.45) is 7.10. The SMILES string of the molecule is C#CCn1c(-c2ccc(C(=O)N/N=C/c3ccccc3OC)cc2)nc2ccccc21. The Kier molecular flexibility index (Phi) is 5.77. The Morgan fingerprint density at radius 1 is 1.13 bits per heavy atom. The molecule has 0 saturated carbocycles. The summed E-state index contributed by atoms with van der Waals surface area (Å²) in [7, 11) is 1.59. The van der Waals surface area contributed by atoms with Crippen LogP contribution in [-0.4, -0.2) is 28.8 Å². The second-order valence-corrected chi connectivity index (χ2v) is 6.73. The van der Waals surface area contributed by atoms with Crippen molar-refractivity contribution in [2.45, 2.75) is 6.54 Å². The number of nitrogens with zero attached hydrogens (tertiary/aromatic N) is 3. The monoisotopic (exact) mass is 408 g/mol. The third-order valence-electron chi connectivity index (χ3n) is 4.82. The molecule has 0 radical (unpaired) electrons. The number of para-hydroxylation sites is 3. The quantitative estimate of drug-likeness (QED) is 0.297. The van der Waals surface area contributed by atoms with Gasteiger partial charge in [-0.25, -0.2) is 10.4 Å². The maximum atomic E-state index is 12.4. The number of imidazole rings is 1. The van der Waals surface area contributed by atoms with Gasteiger partial charge in [0.05, 0.1) is 30.9 Å². The molecule has 1 aromatic heterocycles. The summed E-state index contributed by atoms with van der Waals surface area (Å²) in [5.41, 5.74) is 6.52. The van der Waals surface area contributed by atoms with Crippen LogP contribution < -0.4 is 10.2 Å². The molecule has 0 aliphatic rings. The third-order valence-corrected chi connectivity index (χ3v) is 4.82. The fourth-order valence-electron chi connectivity index (χ4n) is 3.32. The zero-order valence-electron chi connectivity index (χ0n) is 16.9. The zero-order valence-corrected chi connectivity index (χ0v) is 16.9. The minimum atomic E-state index is -0.310. The van der Waals surface area contributed by atoms with E-state index in [1.807, 2.05) is 65.2 Å². The predicted molar refractivity (Wildman–Crippen MR) is 122 cm³/mol. The molecule has 0 atom stereocenters. The van der Waals surface area contributed by atoms with Crippen molar-refractivity contribution in [1.29, 1.82) is 0 Å². The zero-order chi connectivity index (χ0) is 21.6. The van der Waals surface area contributed by atoms with Gasteiger partial charge in [0.2, 0.25) is 0 Å². The van der Waals surface area contributed by atoms with Gasteiger partial charge in [-0.2, -0.15) is 5.10 Å². The van der Waals surface area contributed by atoms with Crippen LogP contribution in [0.3, 0.4) is 0 Å². The Morgan fingerprint density at radius 3 is 2.65 bits per heavy atom. The average molecular weight is 408 g/mol. The first-order valence-electron chi connectivity index (χ1n) is 9.67. The number of carbonyl (C=O) groups is 1. The van der Waals surface area contributed by atoms with Crippen molar-refractivity contribution in [3.05, 3.63) is 83.9 Å². The summed E-state index contributed by atoms with van der Waals surface area (Å²) in [6.45, 7) is 0.412. The Balaban J connectivity index is 1.53. The lowest BCUT2D eigenvalue weighted by molar-refractivity contribution is 0.0955. The largest absolute Gasteiger partial charge is 0.496 e. The average Bonchev–Trinajstić information content (AvgIpc) is 3.18. The van der Waals surface area contributed by atoms with Crippen molar-refractivity contribution in [3.63, 3.8) is 0 Å². The van der Waals surface area contributed by atoms with Crippen LogP contribution >= 0.6 is 0 Å². The minimum Gasteiger partial charge on any atom is -0.496 e. The number of hydrogen-bond acceptors (Lipinski definition) is 4. The molecule has 3 aromatic carbocycles. The van der Waals surface area contributed by atoms with Gasteiger partial charge in [-0.15, -0.1) is 6.42 Å². The maximum Gasteiger partial charge on any atom is 0.271 e. The molecule has 1 N–H and O–H groups in total. The van der Waals surface area contributed by atoms with E-state index in [2.05, 4.69) is 16.4 Å². The van der Waals surface area contributed by atoms with E-state index in [-0.39, 0.29) is 5.91 Å². The lowest BCUT2D eigenvalue weighted by Crippen LogP contribution is -2.17. The number of hydrazone groups is 1. The second-order valence-electron chi connectivity index (χ2n) is 6.73. The molecule has 6 heteroatoms. The fraction of sp³-hybridized carbons (Fsp3) is 0.0800. The van der Waals surface area contributed by atoms with E-state index >= 15 is 0 Å². The van der Waals surface area contributed by atoms with Crippen LogP contribution in [0.25, 0.3) is 22.4 Å². The number of terminal acetylenes is 1. The summed E-state index contributed by atoms with van der Waals surface area (Å²) in [5, 5.41) is 4.03. The van der Waals surface area contributed by atoms with Crippen molar-refractivity contribution >= 4 is 23.2 Å². The number of hydrogen-bond donors (Lipinski definition) is 1. The number of amides is 1. The van der Waals surface area contributed by atoms with Gasteiger partial charge >= 0.3 is 0 Å². The number of benzene rings is 3. The lowest BCUT2D eigenvalue weighted by atomic mass is 10.1. The van der Waals surface area contributed by atoms with E-state index in [9.17, 15) is 4.79 Å². The second kappa shape index (κ2) is 8.97. The molecule has 0 aliphatic carbocycles. The van der Waals surface area contributed by atoms with Crippen molar-refractivity contribution in [2.24, 2.45) is 5.10 Å². The molecular formula is C25H20N4O2. The van der Waals surface area contributed by atoms with Crippen molar-refractivity contribution < 1.29 is 9.53 Å². The van der Waals surface area contributed by atoms with Crippen molar-refractivity contribution in [1.82, 2.24) is 15.0 Å². The molecule has 4 aromatic rings. The number of fused-ring (bicyclic) bond motifs is 1. The smallest absolute Gasteiger partial charge is 0.271 e. The Labute approximate surface area is 180 Å². The van der Waals surface area contributed by atoms with E-state index in [4.69, 9.17) is 16.1 Å². The molecule has 0 bridgehead atoms. The van der Waals surface area contributed by atoms with Gasteiger partial charge in [-0.05, 0) is 36.4 Å². The summed E-state index contributed by atoms with van der Waals surface area (Å²) in [4.78, 5) is 17.2. The van der Waals surface area contributed by atoms with E-state index in [1.165, 1.54) is 0 Å². The van der Waals surface area contributed by atoms with Crippen LogP contribution in [0.4, 0.5) is 0 Å². The van der Waals surface area contributed by atoms with Gasteiger partial charge < -0.3 is 9.30 Å². The minimum absolute atomic E-state index is 0.310. The molecule has 1 amide bonds. The van der Waals surface area contributed by atoms with Crippen LogP contribution in [0.5, 0.6) is 5.75 Å². The first-order chi connectivity index (χ1) is 15.2. The highest BCUT2D eigenvalue weighted by Gasteiger charge is 2.12. The molecule has 31 heavy (non-hydrogen) atoms. The Morgan fingerprint density at radius 2 is 1.87 bits per heavy atom. The summed E-state index contributed by atoms with van der Waals surface area (Å²) in [6, 6.07) is 22.5. The summed E-state index contributed by atoms with van der Waals surface area (Å²) >= 11 is 0. The number of ether oxygens (including phenoxy) is 1. The highest BCUT2D eigenvalue weighted by atomic mass is 16.5. The molecule has 6 nitrogen and oxygen atoms in total. The van der Waals surface area contributed by atoms with Crippen LogP contribution in [0.15, 0.2) is 77.9 Å². The van der Waals surface area contributed by atoms with E-state index in [0.29, 0.717) is 17.9 Å². The van der Waals surface area contributed by atoms with Gasteiger partial charge in [0.1, 0.15) is 11.6 Å². The van der Waals surface area contributed by atoms with E-state index in [0.717, 1.165) is 28.0 Å². The first-order valence-corrected chi connectivity index (χ1v) is 9.67. The van der Waals surface area contributed by atoms with E-state index < -0.39 is 0 Å². The number of rotatable bonds is 6. The Hall–Kier alpha value is -4.37. The Bertz CT molecular complexity index is 1300. The highest BCUT2D eigenvalue weighted by molar-refractivity contribution is 5.95. The van der Waals surface area contributed by atoms with Crippen LogP contribution in [0, 0.1) is 12.3 Å². The van der Waals surface area contributed by atoms with E-state index in [1.54, 1.807) is 25.5 Å². The fourth-order valence-corrected chi connectivity index (χ4v) is 3.32. The van der Waals surface area contributed by atoms with Gasteiger partial charge in [-0.1, -0.05) is 42.3 Å². The number of methoxy groups -OCH3 is 1. The maximum absolute atomic E-state index is 12.4. The molecule has 0 aliphatic heterocycles. The van der Waals surface area contributed by atoms with Gasteiger partial charge in [0.15, 0.2) is 0 Å². The molecular weight excluding hydrogens is 388 g/mol. The molecule has 0 unspecified atom stereocenters. The molecule has 0 fully saturated rings. The standard InChI is InChI=1S/C25H20N4O2/c1-3-16-29-22-10-6-5-9-21(22)27-24(29)18-12-14-19(15-13-18)25(30)28-26-17-20-8-4-7-11-23(20)31-2/h1,4-15,17H,16H2,2H3,(H,28,30)/b26-17+. The van der Waals surface area contributed by atoms with Crippen molar-refractivity contribution in [3.8, 4) is 29.5 Å². The lowest BCUT2D eigenvalue weighted by Gasteiger charge is -2.07. The van der Waals surface area contributed by atoms with Gasteiger partial charge in [-0.3, -0.25) is 4.79 Å². The number of aromatic nitrogens is 2. The molecule has 1 heterocycles. The number of carbonyl (C=O) groups excluding carboxylic acids is 1. The number of nitrogens with one attached hydrogen (secondary N) is 1. The molecule has 4 rings (SSSR count). The molecule has 0 spiro atoms. The highest BCUT2D eigenvalue weighted by Crippen LogP contribution is 2.25. The van der Waals surface area contributed by atoms with Gasteiger partial charge in [0, 0.05) is 16.7 Å². The normalized spacial score (nSPS) is 10.8.